The molecule has 4 heteroatoms. The van der Waals surface area contributed by atoms with E-state index in [0.717, 1.165) is 17.7 Å². The molecule has 0 aromatic heterocycles. The summed E-state index contributed by atoms with van der Waals surface area (Å²) in [5.41, 5.74) is 2.43. The molecule has 0 spiro atoms. The minimum atomic E-state index is -0.453. The number of carbonyl (C=O) groups is 1. The van der Waals surface area contributed by atoms with Crippen molar-refractivity contribution in [1.82, 2.24) is 0 Å². The van der Waals surface area contributed by atoms with Crippen LogP contribution in [0.1, 0.15) is 38.8 Å². The molecular formula is C16H23BrO3. The summed E-state index contributed by atoms with van der Waals surface area (Å²) in [5, 5.41) is 0. The van der Waals surface area contributed by atoms with Crippen molar-refractivity contribution in [3.63, 3.8) is 0 Å². The third-order valence-corrected chi connectivity index (χ3v) is 3.74. The summed E-state index contributed by atoms with van der Waals surface area (Å²) in [7, 11) is 1.37. The first kappa shape index (κ1) is 17.0. The van der Waals surface area contributed by atoms with Gasteiger partial charge in [-0.2, -0.15) is 0 Å². The standard InChI is InChI=1S/C16H23BrO3/c1-6-11-7-8-14(12(9-11)16(2,3)4)20-10-13(17)15(18)19-5/h7-9,13H,6,10H2,1-5H3. The van der Waals surface area contributed by atoms with Crippen LogP contribution in [-0.4, -0.2) is 24.5 Å². The van der Waals surface area contributed by atoms with Crippen molar-refractivity contribution in [1.29, 1.82) is 0 Å². The highest BCUT2D eigenvalue weighted by Gasteiger charge is 2.21. The van der Waals surface area contributed by atoms with Gasteiger partial charge in [-0.25, -0.2) is 0 Å². The molecule has 0 saturated heterocycles. The fraction of sp³-hybridized carbons (Fsp3) is 0.562. The van der Waals surface area contributed by atoms with Crippen LogP contribution in [0.15, 0.2) is 18.2 Å². The molecule has 0 N–H and O–H groups in total. The van der Waals surface area contributed by atoms with Crippen LogP contribution >= 0.6 is 15.9 Å². The van der Waals surface area contributed by atoms with E-state index in [-0.39, 0.29) is 18.0 Å². The number of benzene rings is 1. The van der Waals surface area contributed by atoms with E-state index in [0.29, 0.717) is 0 Å². The monoisotopic (exact) mass is 342 g/mol. The Labute approximate surface area is 129 Å². The molecule has 0 aliphatic carbocycles. The Morgan fingerprint density at radius 1 is 1.35 bits per heavy atom. The predicted octanol–water partition coefficient (Wildman–Crippen LogP) is 3.86. The van der Waals surface area contributed by atoms with Crippen molar-refractivity contribution in [2.75, 3.05) is 13.7 Å². The second kappa shape index (κ2) is 7.11. The Kier molecular flexibility index (Phi) is 6.06. The van der Waals surface area contributed by atoms with E-state index in [1.807, 2.05) is 6.07 Å². The van der Waals surface area contributed by atoms with Gasteiger partial charge in [-0.05, 0) is 29.0 Å². The Morgan fingerprint density at radius 2 is 2.00 bits per heavy atom. The van der Waals surface area contributed by atoms with Crippen molar-refractivity contribution < 1.29 is 14.3 Å². The zero-order valence-corrected chi connectivity index (χ0v) is 14.4. The van der Waals surface area contributed by atoms with Crippen LogP contribution in [-0.2, 0) is 21.4 Å². The maximum atomic E-state index is 11.4. The quantitative estimate of drug-likeness (QED) is 0.602. The molecule has 0 aliphatic rings. The number of alkyl halides is 1. The summed E-state index contributed by atoms with van der Waals surface area (Å²) in [6.07, 6.45) is 0.993. The van der Waals surface area contributed by atoms with Crippen LogP contribution < -0.4 is 4.74 Å². The van der Waals surface area contributed by atoms with Gasteiger partial charge in [-0.3, -0.25) is 4.79 Å². The van der Waals surface area contributed by atoms with Crippen molar-refractivity contribution in [2.24, 2.45) is 0 Å². The van der Waals surface area contributed by atoms with Crippen molar-refractivity contribution >= 4 is 21.9 Å². The topological polar surface area (TPSA) is 35.5 Å². The van der Waals surface area contributed by atoms with E-state index >= 15 is 0 Å². The van der Waals surface area contributed by atoms with E-state index < -0.39 is 4.83 Å². The van der Waals surface area contributed by atoms with Crippen LogP contribution in [0.5, 0.6) is 5.75 Å². The zero-order chi connectivity index (χ0) is 15.3. The number of hydrogen-bond acceptors (Lipinski definition) is 3. The van der Waals surface area contributed by atoms with Gasteiger partial charge >= 0.3 is 5.97 Å². The number of halogens is 1. The highest BCUT2D eigenvalue weighted by atomic mass is 79.9. The average Bonchev–Trinajstić information content (AvgIpc) is 2.42. The second-order valence-electron chi connectivity index (χ2n) is 5.74. The Balaban J connectivity index is 2.92. The molecule has 0 heterocycles. The number of hydrogen-bond donors (Lipinski definition) is 0. The zero-order valence-electron chi connectivity index (χ0n) is 12.8. The molecule has 112 valence electrons. The number of ether oxygens (including phenoxy) is 2. The number of carbonyl (C=O) groups excluding carboxylic acids is 1. The van der Waals surface area contributed by atoms with Gasteiger partial charge in [0.2, 0.25) is 0 Å². The highest BCUT2D eigenvalue weighted by Crippen LogP contribution is 2.32. The number of rotatable bonds is 5. The molecule has 20 heavy (non-hydrogen) atoms. The van der Waals surface area contributed by atoms with E-state index in [4.69, 9.17) is 4.74 Å². The van der Waals surface area contributed by atoms with E-state index in [1.165, 1.54) is 12.7 Å². The summed E-state index contributed by atoms with van der Waals surface area (Å²) in [5.74, 6) is 0.496. The molecule has 0 bridgehead atoms. The van der Waals surface area contributed by atoms with Gasteiger partial charge in [0.25, 0.3) is 0 Å². The van der Waals surface area contributed by atoms with Gasteiger partial charge in [0.15, 0.2) is 0 Å². The molecule has 1 aromatic rings. The van der Waals surface area contributed by atoms with Crippen LogP contribution in [0.2, 0.25) is 0 Å². The normalized spacial score (nSPS) is 12.9. The second-order valence-corrected chi connectivity index (χ2v) is 6.84. The molecule has 3 nitrogen and oxygen atoms in total. The average molecular weight is 343 g/mol. The highest BCUT2D eigenvalue weighted by molar-refractivity contribution is 9.10. The molecule has 1 atom stereocenters. The molecule has 0 aliphatic heterocycles. The first-order chi connectivity index (χ1) is 9.29. The van der Waals surface area contributed by atoms with Crippen molar-refractivity contribution in [3.8, 4) is 5.75 Å². The van der Waals surface area contributed by atoms with Crippen LogP contribution in [0.3, 0.4) is 0 Å². The summed E-state index contributed by atoms with van der Waals surface area (Å²) >= 11 is 3.26. The minimum absolute atomic E-state index is 0.00636. The molecule has 0 saturated carbocycles. The van der Waals surface area contributed by atoms with Gasteiger partial charge in [0.05, 0.1) is 7.11 Å². The lowest BCUT2D eigenvalue weighted by Gasteiger charge is -2.24. The van der Waals surface area contributed by atoms with E-state index in [9.17, 15) is 4.79 Å². The maximum absolute atomic E-state index is 11.4. The molecule has 1 unspecified atom stereocenters. The Bertz CT molecular complexity index is 463. The van der Waals surface area contributed by atoms with Gasteiger partial charge in [0, 0.05) is 0 Å². The largest absolute Gasteiger partial charge is 0.491 e. The Hall–Kier alpha value is -1.03. The number of methoxy groups -OCH3 is 1. The SMILES string of the molecule is CCc1ccc(OCC(Br)C(=O)OC)c(C(C)(C)C)c1. The third kappa shape index (κ3) is 4.51. The summed E-state index contributed by atoms with van der Waals surface area (Å²) in [6, 6.07) is 6.22. The fourth-order valence-corrected chi connectivity index (χ4v) is 2.19. The lowest BCUT2D eigenvalue weighted by molar-refractivity contribution is -0.140. The predicted molar refractivity (Wildman–Crippen MR) is 84.7 cm³/mol. The van der Waals surface area contributed by atoms with Crippen LogP contribution in [0, 0.1) is 0 Å². The molecule has 0 amide bonds. The minimum Gasteiger partial charge on any atom is -0.491 e. The van der Waals surface area contributed by atoms with Crippen LogP contribution in [0.4, 0.5) is 0 Å². The fourth-order valence-electron chi connectivity index (χ4n) is 1.87. The van der Waals surface area contributed by atoms with Crippen molar-refractivity contribution in [2.45, 2.75) is 44.4 Å². The lowest BCUT2D eigenvalue weighted by Crippen LogP contribution is -2.24. The summed E-state index contributed by atoms with van der Waals surface area (Å²) in [4.78, 5) is 10.9. The molecule has 0 radical (unpaired) electrons. The van der Waals surface area contributed by atoms with E-state index in [2.05, 4.69) is 60.5 Å². The number of aryl methyl sites for hydroxylation is 1. The first-order valence-corrected chi connectivity index (χ1v) is 7.69. The van der Waals surface area contributed by atoms with Crippen molar-refractivity contribution in [3.05, 3.63) is 29.3 Å². The number of esters is 1. The van der Waals surface area contributed by atoms with Gasteiger partial charge in [-0.15, -0.1) is 0 Å². The molecule has 0 fully saturated rings. The molecular weight excluding hydrogens is 320 g/mol. The van der Waals surface area contributed by atoms with E-state index in [1.54, 1.807) is 0 Å². The first-order valence-electron chi connectivity index (χ1n) is 6.77. The van der Waals surface area contributed by atoms with Gasteiger partial charge in [0.1, 0.15) is 17.2 Å². The van der Waals surface area contributed by atoms with Gasteiger partial charge in [-0.1, -0.05) is 55.8 Å². The van der Waals surface area contributed by atoms with Crippen LogP contribution in [0.25, 0.3) is 0 Å². The smallest absolute Gasteiger partial charge is 0.322 e. The maximum Gasteiger partial charge on any atom is 0.322 e. The summed E-state index contributed by atoms with van der Waals surface area (Å²) in [6.45, 7) is 8.84. The summed E-state index contributed by atoms with van der Waals surface area (Å²) < 4.78 is 10.5. The lowest BCUT2D eigenvalue weighted by atomic mass is 9.85. The third-order valence-electron chi connectivity index (χ3n) is 3.10. The van der Waals surface area contributed by atoms with Gasteiger partial charge < -0.3 is 9.47 Å². The molecule has 1 aromatic carbocycles. The molecule has 1 rings (SSSR count). The Morgan fingerprint density at radius 3 is 2.50 bits per heavy atom.